The molecule has 2 rings (SSSR count). The molecule has 1 heterocycles. The van der Waals surface area contributed by atoms with Crippen LogP contribution in [-0.2, 0) is 4.79 Å². The number of nitrogens with zero attached hydrogens (tertiary/aromatic N) is 1. The second kappa shape index (κ2) is 8.80. The van der Waals surface area contributed by atoms with Gasteiger partial charge in [0.15, 0.2) is 0 Å². The molecule has 0 aromatic heterocycles. The van der Waals surface area contributed by atoms with Crippen LogP contribution in [0, 0.1) is 3.57 Å². The van der Waals surface area contributed by atoms with E-state index in [1.54, 1.807) is 6.07 Å². The molecule has 1 aromatic rings. The van der Waals surface area contributed by atoms with Gasteiger partial charge in [-0.3, -0.25) is 14.5 Å². The molecule has 0 aliphatic carbocycles. The van der Waals surface area contributed by atoms with E-state index in [0.717, 1.165) is 16.7 Å². The second-order valence-electron chi connectivity index (χ2n) is 6.80. The maximum atomic E-state index is 12.1. The number of carbonyl (C=O) groups is 2. The summed E-state index contributed by atoms with van der Waals surface area (Å²) in [7, 11) is 0. The van der Waals surface area contributed by atoms with Crippen LogP contribution in [0.3, 0.4) is 0 Å². The van der Waals surface area contributed by atoms with Crippen molar-refractivity contribution in [3.05, 3.63) is 33.4 Å². The van der Waals surface area contributed by atoms with E-state index < -0.39 is 0 Å². The van der Waals surface area contributed by atoms with Crippen molar-refractivity contribution in [1.82, 2.24) is 15.5 Å². The van der Waals surface area contributed by atoms with Crippen molar-refractivity contribution in [3.8, 4) is 0 Å². The number of hydrogen-bond acceptors (Lipinski definition) is 3. The van der Waals surface area contributed by atoms with Gasteiger partial charge < -0.3 is 10.6 Å². The SMILES string of the molecule is CC(C)(CNC(=O)CNC(=O)c1ccccc1I)N1CCCCC1. The monoisotopic (exact) mass is 443 g/mol. The Balaban J connectivity index is 1.77. The molecule has 5 nitrogen and oxygen atoms in total. The minimum absolute atomic E-state index is 0.000111. The summed E-state index contributed by atoms with van der Waals surface area (Å²) in [5, 5.41) is 5.63. The molecule has 24 heavy (non-hydrogen) atoms. The highest BCUT2D eigenvalue weighted by molar-refractivity contribution is 14.1. The number of nitrogens with one attached hydrogen (secondary N) is 2. The minimum Gasteiger partial charge on any atom is -0.353 e. The fourth-order valence-electron chi connectivity index (χ4n) is 2.89. The van der Waals surface area contributed by atoms with Gasteiger partial charge in [-0.05, 0) is 74.5 Å². The zero-order valence-corrected chi connectivity index (χ0v) is 16.6. The maximum absolute atomic E-state index is 12.1. The number of carbonyl (C=O) groups excluding carboxylic acids is 2. The third-order valence-electron chi connectivity index (χ3n) is 4.46. The van der Waals surface area contributed by atoms with Crippen LogP contribution in [-0.4, -0.2) is 48.4 Å². The molecule has 1 aliphatic rings. The molecule has 0 radical (unpaired) electrons. The Morgan fingerprint density at radius 1 is 1.12 bits per heavy atom. The zero-order valence-electron chi connectivity index (χ0n) is 14.4. The van der Waals surface area contributed by atoms with E-state index in [4.69, 9.17) is 0 Å². The van der Waals surface area contributed by atoms with Gasteiger partial charge in [0.25, 0.3) is 5.91 Å². The lowest BCUT2D eigenvalue weighted by atomic mass is 9.98. The highest BCUT2D eigenvalue weighted by atomic mass is 127. The first-order valence-corrected chi connectivity index (χ1v) is 9.52. The Bertz CT molecular complexity index is 583. The number of rotatable bonds is 6. The average Bonchev–Trinajstić information content (AvgIpc) is 2.59. The third-order valence-corrected chi connectivity index (χ3v) is 5.40. The van der Waals surface area contributed by atoms with E-state index in [1.807, 2.05) is 18.2 Å². The molecule has 132 valence electrons. The molecule has 0 saturated carbocycles. The van der Waals surface area contributed by atoms with Crippen molar-refractivity contribution < 1.29 is 9.59 Å². The van der Waals surface area contributed by atoms with E-state index in [0.29, 0.717) is 12.1 Å². The van der Waals surface area contributed by atoms with Crippen molar-refractivity contribution in [2.75, 3.05) is 26.2 Å². The molecule has 6 heteroatoms. The van der Waals surface area contributed by atoms with Gasteiger partial charge in [-0.2, -0.15) is 0 Å². The summed E-state index contributed by atoms with van der Waals surface area (Å²) in [5.41, 5.74) is 0.536. The van der Waals surface area contributed by atoms with Gasteiger partial charge in [-0.15, -0.1) is 0 Å². The lowest BCUT2D eigenvalue weighted by molar-refractivity contribution is -0.120. The Labute approximate surface area is 157 Å². The van der Waals surface area contributed by atoms with E-state index in [-0.39, 0.29) is 23.9 Å². The highest BCUT2D eigenvalue weighted by Crippen LogP contribution is 2.19. The van der Waals surface area contributed by atoms with E-state index >= 15 is 0 Å². The minimum atomic E-state index is -0.217. The molecule has 1 aliphatic heterocycles. The lowest BCUT2D eigenvalue weighted by Gasteiger charge is -2.41. The number of hydrogen-bond donors (Lipinski definition) is 2. The van der Waals surface area contributed by atoms with Crippen molar-refractivity contribution in [2.45, 2.75) is 38.6 Å². The van der Waals surface area contributed by atoms with Crippen LogP contribution >= 0.6 is 22.6 Å². The fraction of sp³-hybridized carbons (Fsp3) is 0.556. The van der Waals surface area contributed by atoms with Gasteiger partial charge in [0.1, 0.15) is 0 Å². The van der Waals surface area contributed by atoms with Crippen molar-refractivity contribution in [3.63, 3.8) is 0 Å². The number of likely N-dealkylation sites (tertiary alicyclic amines) is 1. The lowest BCUT2D eigenvalue weighted by Crippen LogP contribution is -2.54. The van der Waals surface area contributed by atoms with Gasteiger partial charge >= 0.3 is 0 Å². The van der Waals surface area contributed by atoms with Gasteiger partial charge in [-0.25, -0.2) is 0 Å². The predicted octanol–water partition coefficient (Wildman–Crippen LogP) is 2.40. The number of piperidine rings is 1. The third kappa shape index (κ3) is 5.44. The number of benzene rings is 1. The van der Waals surface area contributed by atoms with E-state index in [2.05, 4.69) is 52.0 Å². The molecule has 2 amide bonds. The fourth-order valence-corrected chi connectivity index (χ4v) is 3.52. The molecule has 0 unspecified atom stereocenters. The molecule has 2 N–H and O–H groups in total. The second-order valence-corrected chi connectivity index (χ2v) is 7.96. The van der Waals surface area contributed by atoms with Gasteiger partial charge in [0.05, 0.1) is 12.1 Å². The van der Waals surface area contributed by atoms with Gasteiger partial charge in [-0.1, -0.05) is 18.6 Å². The van der Waals surface area contributed by atoms with Crippen LogP contribution in [0.5, 0.6) is 0 Å². The summed E-state index contributed by atoms with van der Waals surface area (Å²) in [4.78, 5) is 26.6. The van der Waals surface area contributed by atoms with Crippen molar-refractivity contribution >= 4 is 34.4 Å². The first-order valence-electron chi connectivity index (χ1n) is 8.44. The van der Waals surface area contributed by atoms with Crippen LogP contribution in [0.25, 0.3) is 0 Å². The Hall–Kier alpha value is -1.15. The van der Waals surface area contributed by atoms with Crippen LogP contribution in [0.1, 0.15) is 43.5 Å². The summed E-state index contributed by atoms with van der Waals surface area (Å²) >= 11 is 2.12. The predicted molar refractivity (Wildman–Crippen MR) is 104 cm³/mol. The van der Waals surface area contributed by atoms with Gasteiger partial charge in [0.2, 0.25) is 5.91 Å². The summed E-state index contributed by atoms with van der Waals surface area (Å²) in [6, 6.07) is 7.33. The van der Waals surface area contributed by atoms with Gasteiger partial charge in [0, 0.05) is 15.7 Å². The molecule has 1 aromatic carbocycles. The number of amides is 2. The van der Waals surface area contributed by atoms with Crippen LogP contribution in [0.15, 0.2) is 24.3 Å². The Morgan fingerprint density at radius 2 is 1.79 bits per heavy atom. The molecule has 0 atom stereocenters. The molecule has 1 saturated heterocycles. The summed E-state index contributed by atoms with van der Waals surface area (Å²) in [6.07, 6.45) is 3.75. The standard InChI is InChI=1S/C18H26IN3O2/c1-18(2,22-10-6-3-7-11-22)13-21-16(23)12-20-17(24)14-8-4-5-9-15(14)19/h4-5,8-9H,3,6-7,10-13H2,1-2H3,(H,20,24)(H,21,23). The number of halogens is 1. The van der Waals surface area contributed by atoms with E-state index in [1.165, 1.54) is 19.3 Å². The smallest absolute Gasteiger partial charge is 0.252 e. The van der Waals surface area contributed by atoms with Crippen LogP contribution in [0.2, 0.25) is 0 Å². The zero-order chi connectivity index (χ0) is 17.6. The Kier molecular flexibility index (Phi) is 7.03. The summed E-state index contributed by atoms with van der Waals surface area (Å²) in [6.45, 7) is 7.08. The molecule has 1 fully saturated rings. The van der Waals surface area contributed by atoms with Crippen LogP contribution in [0.4, 0.5) is 0 Å². The molecular formula is C18H26IN3O2. The summed E-state index contributed by atoms with van der Waals surface area (Å²) < 4.78 is 0.874. The largest absolute Gasteiger partial charge is 0.353 e. The summed E-state index contributed by atoms with van der Waals surface area (Å²) in [5.74, 6) is -0.371. The van der Waals surface area contributed by atoms with Crippen molar-refractivity contribution in [2.24, 2.45) is 0 Å². The normalized spacial score (nSPS) is 15.8. The van der Waals surface area contributed by atoms with Crippen LogP contribution < -0.4 is 10.6 Å². The highest BCUT2D eigenvalue weighted by Gasteiger charge is 2.28. The molecule has 0 spiro atoms. The first-order chi connectivity index (χ1) is 11.4. The first kappa shape index (κ1) is 19.2. The molecular weight excluding hydrogens is 417 g/mol. The maximum Gasteiger partial charge on any atom is 0.252 e. The average molecular weight is 443 g/mol. The van der Waals surface area contributed by atoms with E-state index in [9.17, 15) is 9.59 Å². The Morgan fingerprint density at radius 3 is 2.46 bits per heavy atom. The van der Waals surface area contributed by atoms with Crippen molar-refractivity contribution in [1.29, 1.82) is 0 Å². The quantitative estimate of drug-likeness (QED) is 0.664. The topological polar surface area (TPSA) is 61.4 Å². The molecule has 0 bridgehead atoms.